The molecular formula is C21H19N5O2S. The van der Waals surface area contributed by atoms with E-state index in [0.717, 1.165) is 22.5 Å². The number of thioether (sulfide) groups is 1. The summed E-state index contributed by atoms with van der Waals surface area (Å²) in [4.78, 5) is 20.8. The molecule has 0 saturated carbocycles. The molecule has 0 unspecified atom stereocenters. The van der Waals surface area contributed by atoms with Crippen LogP contribution in [0.3, 0.4) is 0 Å². The van der Waals surface area contributed by atoms with Gasteiger partial charge in [-0.1, -0.05) is 36.4 Å². The van der Waals surface area contributed by atoms with E-state index in [2.05, 4.69) is 20.4 Å². The molecule has 0 saturated heterocycles. The Morgan fingerprint density at radius 3 is 2.76 bits per heavy atom. The zero-order valence-corrected chi connectivity index (χ0v) is 16.4. The van der Waals surface area contributed by atoms with Gasteiger partial charge in [0.1, 0.15) is 18.9 Å². The Labute approximate surface area is 172 Å². The number of rotatable bonds is 8. The van der Waals surface area contributed by atoms with Crippen molar-refractivity contribution < 1.29 is 9.21 Å². The van der Waals surface area contributed by atoms with E-state index in [1.807, 2.05) is 54.6 Å². The molecule has 0 bridgehead atoms. The Morgan fingerprint density at radius 1 is 1.10 bits per heavy atom. The van der Waals surface area contributed by atoms with Gasteiger partial charge >= 0.3 is 0 Å². The lowest BCUT2D eigenvalue weighted by atomic mass is 10.2. The summed E-state index contributed by atoms with van der Waals surface area (Å²) in [6.45, 7) is 0.546. The van der Waals surface area contributed by atoms with Crippen LogP contribution in [0.4, 0.5) is 5.69 Å². The Bertz CT molecular complexity index is 1060. The van der Waals surface area contributed by atoms with Crippen LogP contribution in [-0.2, 0) is 17.1 Å². The number of para-hydroxylation sites is 1. The summed E-state index contributed by atoms with van der Waals surface area (Å²) < 4.78 is 7.25. The van der Waals surface area contributed by atoms with Crippen molar-refractivity contribution in [1.29, 1.82) is 0 Å². The van der Waals surface area contributed by atoms with E-state index in [4.69, 9.17) is 4.42 Å². The van der Waals surface area contributed by atoms with Gasteiger partial charge in [0.05, 0.1) is 18.0 Å². The second kappa shape index (κ2) is 9.20. The van der Waals surface area contributed by atoms with Crippen molar-refractivity contribution in [3.8, 4) is 11.5 Å². The maximum absolute atomic E-state index is 12.4. The third-order valence-electron chi connectivity index (χ3n) is 4.15. The van der Waals surface area contributed by atoms with Crippen LogP contribution in [0, 0.1) is 0 Å². The quantitative estimate of drug-likeness (QED) is 0.479. The summed E-state index contributed by atoms with van der Waals surface area (Å²) in [5.74, 6) is 1.45. The minimum absolute atomic E-state index is 0.0622. The van der Waals surface area contributed by atoms with E-state index in [9.17, 15) is 4.79 Å². The first kappa shape index (κ1) is 18.9. The van der Waals surface area contributed by atoms with Crippen molar-refractivity contribution >= 4 is 23.4 Å². The molecule has 0 radical (unpaired) electrons. The largest absolute Gasteiger partial charge is 0.444 e. The molecular weight excluding hydrogens is 386 g/mol. The second-order valence-corrected chi connectivity index (χ2v) is 7.29. The highest BCUT2D eigenvalue weighted by molar-refractivity contribution is 7.99. The lowest BCUT2D eigenvalue weighted by molar-refractivity contribution is -0.113. The van der Waals surface area contributed by atoms with Crippen molar-refractivity contribution in [3.63, 3.8) is 0 Å². The maximum Gasteiger partial charge on any atom is 0.234 e. The first-order valence-electron chi connectivity index (χ1n) is 9.05. The average Bonchev–Trinajstić information content (AvgIpc) is 3.42. The van der Waals surface area contributed by atoms with Gasteiger partial charge in [-0.3, -0.25) is 4.79 Å². The molecule has 1 amide bonds. The van der Waals surface area contributed by atoms with Gasteiger partial charge in [0.25, 0.3) is 0 Å². The van der Waals surface area contributed by atoms with Gasteiger partial charge in [0, 0.05) is 17.0 Å². The minimum Gasteiger partial charge on any atom is -0.444 e. The molecule has 29 heavy (non-hydrogen) atoms. The number of nitrogens with one attached hydrogen (secondary N) is 1. The molecule has 8 heteroatoms. The monoisotopic (exact) mass is 405 g/mol. The van der Waals surface area contributed by atoms with Gasteiger partial charge in [-0.05, 0) is 23.8 Å². The molecule has 0 aliphatic heterocycles. The van der Waals surface area contributed by atoms with Gasteiger partial charge in [-0.15, -0.1) is 11.8 Å². The van der Waals surface area contributed by atoms with E-state index in [-0.39, 0.29) is 5.91 Å². The van der Waals surface area contributed by atoms with Crippen molar-refractivity contribution in [3.05, 3.63) is 84.8 Å². The van der Waals surface area contributed by atoms with E-state index in [0.29, 0.717) is 23.9 Å². The number of carbonyl (C=O) groups is 1. The van der Waals surface area contributed by atoms with Crippen molar-refractivity contribution in [2.45, 2.75) is 12.3 Å². The molecule has 2 aromatic heterocycles. The van der Waals surface area contributed by atoms with Crippen molar-refractivity contribution in [1.82, 2.24) is 19.7 Å². The van der Waals surface area contributed by atoms with E-state index >= 15 is 0 Å². The predicted molar refractivity (Wildman–Crippen MR) is 112 cm³/mol. The summed E-state index contributed by atoms with van der Waals surface area (Å²) in [5.41, 5.74) is 3.50. The van der Waals surface area contributed by atoms with Crippen LogP contribution in [0.1, 0.15) is 11.3 Å². The molecule has 2 heterocycles. The number of hydrogen-bond acceptors (Lipinski definition) is 6. The van der Waals surface area contributed by atoms with Gasteiger partial charge in [0.2, 0.25) is 11.8 Å². The molecule has 1 N–H and O–H groups in total. The molecule has 0 spiro atoms. The van der Waals surface area contributed by atoms with Crippen LogP contribution in [-0.4, -0.2) is 31.4 Å². The molecule has 146 valence electrons. The second-order valence-electron chi connectivity index (χ2n) is 6.30. The van der Waals surface area contributed by atoms with Crippen LogP contribution in [0.25, 0.3) is 11.5 Å². The fraction of sp³-hybridized carbons (Fsp3) is 0.143. The maximum atomic E-state index is 12.4. The zero-order valence-electron chi connectivity index (χ0n) is 15.6. The standard InChI is InChI=1S/C21H19N5O2S/c27-20(25-19-9-5-4-8-17(19)10-26-15-22-14-23-26)13-29-12-18-11-28-21(24-18)16-6-2-1-3-7-16/h1-9,11,14-15H,10,12-13H2,(H,25,27). The van der Waals surface area contributed by atoms with Gasteiger partial charge in [-0.2, -0.15) is 5.10 Å². The summed E-state index contributed by atoms with van der Waals surface area (Å²) in [7, 11) is 0. The fourth-order valence-electron chi connectivity index (χ4n) is 2.79. The molecule has 4 aromatic rings. The normalized spacial score (nSPS) is 10.8. The van der Waals surface area contributed by atoms with E-state index in [1.54, 1.807) is 17.3 Å². The lowest BCUT2D eigenvalue weighted by Gasteiger charge is -2.10. The number of benzene rings is 2. The number of aromatic nitrogens is 4. The summed E-state index contributed by atoms with van der Waals surface area (Å²) in [6, 6.07) is 17.4. The number of carbonyl (C=O) groups excluding carboxylic acids is 1. The molecule has 2 aromatic carbocycles. The van der Waals surface area contributed by atoms with Gasteiger partial charge in [-0.25, -0.2) is 14.6 Å². The molecule has 4 rings (SSSR count). The first-order chi connectivity index (χ1) is 14.3. The molecule has 7 nitrogen and oxygen atoms in total. The SMILES string of the molecule is O=C(CSCc1coc(-c2ccccc2)n1)Nc1ccccc1Cn1cncn1. The molecule has 0 aliphatic carbocycles. The molecule has 0 atom stereocenters. The van der Waals surface area contributed by atoms with Crippen molar-refractivity contribution in [2.75, 3.05) is 11.1 Å². The highest BCUT2D eigenvalue weighted by Crippen LogP contribution is 2.21. The van der Waals surface area contributed by atoms with Crippen molar-refractivity contribution in [2.24, 2.45) is 0 Å². The number of oxazole rings is 1. The van der Waals surface area contributed by atoms with Crippen LogP contribution >= 0.6 is 11.8 Å². The Balaban J connectivity index is 1.29. The zero-order chi connectivity index (χ0) is 19.9. The predicted octanol–water partition coefficient (Wildman–Crippen LogP) is 3.85. The van der Waals surface area contributed by atoms with Gasteiger partial charge < -0.3 is 9.73 Å². The van der Waals surface area contributed by atoms with Crippen LogP contribution < -0.4 is 5.32 Å². The molecule has 0 fully saturated rings. The van der Waals surface area contributed by atoms with Crippen LogP contribution in [0.15, 0.2) is 77.9 Å². The van der Waals surface area contributed by atoms with Gasteiger partial charge in [0.15, 0.2) is 0 Å². The van der Waals surface area contributed by atoms with E-state index in [1.165, 1.54) is 18.1 Å². The van der Waals surface area contributed by atoms with E-state index < -0.39 is 0 Å². The number of hydrogen-bond donors (Lipinski definition) is 1. The fourth-order valence-corrected chi connectivity index (χ4v) is 3.49. The van der Waals surface area contributed by atoms with Crippen LogP contribution in [0.5, 0.6) is 0 Å². The minimum atomic E-state index is -0.0622. The highest BCUT2D eigenvalue weighted by atomic mass is 32.2. The third kappa shape index (κ3) is 5.11. The summed E-state index contributed by atoms with van der Waals surface area (Å²) in [5, 5.41) is 7.09. The summed E-state index contributed by atoms with van der Waals surface area (Å²) in [6.07, 6.45) is 4.78. The first-order valence-corrected chi connectivity index (χ1v) is 10.2. The number of anilines is 1. The Hall–Kier alpha value is -3.39. The highest BCUT2D eigenvalue weighted by Gasteiger charge is 2.10. The average molecular weight is 405 g/mol. The number of nitrogens with zero attached hydrogens (tertiary/aromatic N) is 4. The Morgan fingerprint density at radius 2 is 1.93 bits per heavy atom. The number of amides is 1. The lowest BCUT2D eigenvalue weighted by Crippen LogP contribution is -2.16. The third-order valence-corrected chi connectivity index (χ3v) is 5.11. The van der Waals surface area contributed by atoms with Crippen LogP contribution in [0.2, 0.25) is 0 Å². The Kier molecular flexibility index (Phi) is 6.01. The summed E-state index contributed by atoms with van der Waals surface area (Å²) >= 11 is 1.49. The topological polar surface area (TPSA) is 85.8 Å². The molecule has 0 aliphatic rings. The smallest absolute Gasteiger partial charge is 0.234 e.